The topological polar surface area (TPSA) is 228 Å². The molecule has 0 aromatic carbocycles. The van der Waals surface area contributed by atoms with Gasteiger partial charge in [0, 0.05) is 0 Å². The summed E-state index contributed by atoms with van der Waals surface area (Å²) in [6, 6.07) is 0. The first-order chi connectivity index (χ1) is 14.6. The second-order valence-corrected chi connectivity index (χ2v) is 7.87. The van der Waals surface area contributed by atoms with Gasteiger partial charge in [0.1, 0.15) is 61.0 Å². The maximum atomic E-state index is 10.4. The molecule has 3 aliphatic rings. The first kappa shape index (κ1) is 25.1. The van der Waals surface area contributed by atoms with Crippen molar-refractivity contribution >= 4 is 0 Å². The molecule has 3 aliphatic heterocycles. The molecule has 0 aromatic heterocycles. The van der Waals surface area contributed by atoms with Crippen LogP contribution in [0.1, 0.15) is 6.92 Å². The minimum atomic E-state index is -1.79. The number of ether oxygens (including phenoxy) is 5. The molecule has 3 rings (SSSR count). The van der Waals surface area contributed by atoms with Gasteiger partial charge in [0.05, 0.1) is 19.3 Å². The third-order valence-electron chi connectivity index (χ3n) is 5.66. The maximum absolute atomic E-state index is 10.4. The first-order valence-corrected chi connectivity index (χ1v) is 9.85. The van der Waals surface area contributed by atoms with E-state index in [0.29, 0.717) is 0 Å². The van der Waals surface area contributed by atoms with Crippen LogP contribution in [0.2, 0.25) is 0 Å². The minimum Gasteiger partial charge on any atom is -0.394 e. The Balaban J connectivity index is 1.74. The van der Waals surface area contributed by atoms with Gasteiger partial charge in [-0.25, -0.2) is 0 Å². The van der Waals surface area contributed by atoms with E-state index >= 15 is 0 Å². The van der Waals surface area contributed by atoms with Crippen molar-refractivity contribution in [2.45, 2.75) is 92.9 Å². The second kappa shape index (κ2) is 10.1. The molecule has 0 aliphatic carbocycles. The monoisotopic (exact) mass is 458 g/mol. The summed E-state index contributed by atoms with van der Waals surface area (Å²) in [5, 5.41) is 89.7. The molecule has 3 heterocycles. The van der Waals surface area contributed by atoms with Crippen molar-refractivity contribution in [1.82, 2.24) is 0 Å². The highest BCUT2D eigenvalue weighted by molar-refractivity contribution is 4.93. The van der Waals surface area contributed by atoms with E-state index in [2.05, 4.69) is 0 Å². The summed E-state index contributed by atoms with van der Waals surface area (Å²) in [6.45, 7) is 0.318. The maximum Gasteiger partial charge on any atom is 0.187 e. The van der Waals surface area contributed by atoms with Gasteiger partial charge < -0.3 is 69.6 Å². The number of aliphatic hydroxyl groups is 9. The van der Waals surface area contributed by atoms with E-state index in [9.17, 15) is 40.9 Å². The van der Waals surface area contributed by atoms with Crippen LogP contribution in [0, 0.1) is 0 Å². The lowest BCUT2D eigenvalue weighted by Crippen LogP contribution is -2.64. The van der Waals surface area contributed by atoms with Gasteiger partial charge in [-0.3, -0.25) is 0 Å². The number of aliphatic hydroxyl groups excluding tert-OH is 9. The summed E-state index contributed by atoms with van der Waals surface area (Å²) in [4.78, 5) is 0. The van der Waals surface area contributed by atoms with Crippen molar-refractivity contribution in [3.05, 3.63) is 0 Å². The third-order valence-corrected chi connectivity index (χ3v) is 5.66. The van der Waals surface area contributed by atoms with Crippen molar-refractivity contribution in [2.24, 2.45) is 0 Å². The first-order valence-electron chi connectivity index (χ1n) is 9.85. The Bertz CT molecular complexity index is 581. The van der Waals surface area contributed by atoms with E-state index in [1.165, 1.54) is 6.92 Å². The van der Waals surface area contributed by atoms with Crippen molar-refractivity contribution in [1.29, 1.82) is 0 Å². The molecule has 0 saturated carbocycles. The zero-order chi connectivity index (χ0) is 23.0. The summed E-state index contributed by atoms with van der Waals surface area (Å²) in [5.41, 5.74) is 0. The molecule has 14 heteroatoms. The van der Waals surface area contributed by atoms with Crippen LogP contribution in [-0.4, -0.2) is 145 Å². The zero-order valence-corrected chi connectivity index (χ0v) is 16.6. The van der Waals surface area contributed by atoms with E-state index in [0.717, 1.165) is 0 Å². The standard InChI is InChI=1S/C17H30O14/c1-4-7(20)10(23)12(25)16(28-4)31-14-8(21)5(19)3-27-17(14)30-13-11(24)9(22)6(2-18)29-15(13)26/h4-26H,2-3H2,1H3/t4-,5+,6+,7-,8-,9+,10+,11-,12+,13+,14+,15+,16-,17-/m0/s1. The van der Waals surface area contributed by atoms with Crippen molar-refractivity contribution in [2.75, 3.05) is 13.2 Å². The quantitative estimate of drug-likeness (QED) is 0.187. The normalized spacial score (nSPS) is 54.0. The van der Waals surface area contributed by atoms with Gasteiger partial charge in [-0.2, -0.15) is 0 Å². The van der Waals surface area contributed by atoms with Gasteiger partial charge in [0.15, 0.2) is 18.9 Å². The molecule has 0 spiro atoms. The van der Waals surface area contributed by atoms with E-state index in [-0.39, 0.29) is 0 Å². The van der Waals surface area contributed by atoms with E-state index in [1.807, 2.05) is 0 Å². The number of hydrogen-bond donors (Lipinski definition) is 9. The van der Waals surface area contributed by atoms with E-state index in [4.69, 9.17) is 28.8 Å². The van der Waals surface area contributed by atoms with Crippen LogP contribution in [0.3, 0.4) is 0 Å². The Kier molecular flexibility index (Phi) is 8.21. The second-order valence-electron chi connectivity index (χ2n) is 7.87. The lowest BCUT2D eigenvalue weighted by atomic mass is 9.98. The van der Waals surface area contributed by atoms with Crippen LogP contribution in [-0.2, 0) is 23.7 Å². The fraction of sp³-hybridized carbons (Fsp3) is 1.00. The van der Waals surface area contributed by atoms with Crippen LogP contribution >= 0.6 is 0 Å². The number of hydrogen-bond acceptors (Lipinski definition) is 14. The largest absolute Gasteiger partial charge is 0.394 e. The van der Waals surface area contributed by atoms with Gasteiger partial charge >= 0.3 is 0 Å². The van der Waals surface area contributed by atoms with E-state index in [1.54, 1.807) is 0 Å². The molecule has 3 saturated heterocycles. The predicted molar refractivity (Wildman–Crippen MR) is 93.8 cm³/mol. The van der Waals surface area contributed by atoms with Crippen molar-refractivity contribution in [3.63, 3.8) is 0 Å². The Labute approximate surface area is 176 Å². The summed E-state index contributed by atoms with van der Waals surface area (Å²) in [7, 11) is 0. The fourth-order valence-electron chi connectivity index (χ4n) is 3.68. The third kappa shape index (κ3) is 5.02. The Morgan fingerprint density at radius 1 is 0.710 bits per heavy atom. The minimum absolute atomic E-state index is 0.418. The molecular formula is C17H30O14. The van der Waals surface area contributed by atoms with Crippen LogP contribution in [0.25, 0.3) is 0 Å². The molecule has 0 radical (unpaired) electrons. The van der Waals surface area contributed by atoms with Crippen LogP contribution in [0.5, 0.6) is 0 Å². The van der Waals surface area contributed by atoms with Crippen LogP contribution in [0.4, 0.5) is 0 Å². The fourth-order valence-corrected chi connectivity index (χ4v) is 3.68. The Morgan fingerprint density at radius 2 is 1.35 bits per heavy atom. The molecule has 0 amide bonds. The van der Waals surface area contributed by atoms with Crippen molar-refractivity contribution in [3.8, 4) is 0 Å². The molecule has 9 N–H and O–H groups in total. The molecule has 0 bridgehead atoms. The molecule has 31 heavy (non-hydrogen) atoms. The summed E-state index contributed by atoms with van der Waals surface area (Å²) < 4.78 is 26.6. The molecular weight excluding hydrogens is 428 g/mol. The van der Waals surface area contributed by atoms with Crippen LogP contribution in [0.15, 0.2) is 0 Å². The molecule has 14 nitrogen and oxygen atoms in total. The van der Waals surface area contributed by atoms with Gasteiger partial charge in [-0.15, -0.1) is 0 Å². The lowest BCUT2D eigenvalue weighted by Gasteiger charge is -2.46. The number of rotatable bonds is 5. The molecule has 0 aromatic rings. The SMILES string of the molecule is C[C@@H]1O[C@@H](O[C@H]2[C@H](O[C@@H]3[C@@H](O)[C@H](O)[C@@H](CO)O[C@H]3O)OC[C@@H](O)[C@@H]2O)[C@H](O)[C@H](O)[C@H]1O. The summed E-state index contributed by atoms with van der Waals surface area (Å²) in [5.74, 6) is 0. The lowest BCUT2D eigenvalue weighted by molar-refractivity contribution is -0.379. The van der Waals surface area contributed by atoms with Crippen LogP contribution < -0.4 is 0 Å². The van der Waals surface area contributed by atoms with Gasteiger partial charge in [-0.05, 0) is 6.92 Å². The molecule has 0 unspecified atom stereocenters. The average Bonchev–Trinajstić information content (AvgIpc) is 2.74. The Hall–Kier alpha value is -0.560. The predicted octanol–water partition coefficient (Wildman–Crippen LogP) is -5.91. The van der Waals surface area contributed by atoms with Crippen molar-refractivity contribution < 1.29 is 69.6 Å². The average molecular weight is 458 g/mol. The molecule has 182 valence electrons. The van der Waals surface area contributed by atoms with Gasteiger partial charge in [0.25, 0.3) is 0 Å². The summed E-state index contributed by atoms with van der Waals surface area (Å²) in [6.07, 6.45) is -21.4. The highest BCUT2D eigenvalue weighted by atomic mass is 16.8. The van der Waals surface area contributed by atoms with Gasteiger partial charge in [-0.1, -0.05) is 0 Å². The molecule has 14 atom stereocenters. The zero-order valence-electron chi connectivity index (χ0n) is 16.6. The molecule has 3 fully saturated rings. The Morgan fingerprint density at radius 3 is 2.00 bits per heavy atom. The highest BCUT2D eigenvalue weighted by Gasteiger charge is 2.51. The summed E-state index contributed by atoms with van der Waals surface area (Å²) >= 11 is 0. The van der Waals surface area contributed by atoms with Gasteiger partial charge in [0.2, 0.25) is 0 Å². The van der Waals surface area contributed by atoms with E-state index < -0.39 is 99.2 Å². The smallest absolute Gasteiger partial charge is 0.187 e. The highest BCUT2D eigenvalue weighted by Crippen LogP contribution is 2.30.